The minimum Gasteiger partial charge on any atom is -0.481 e. The van der Waals surface area contributed by atoms with Crippen molar-refractivity contribution >= 4 is 5.97 Å². The van der Waals surface area contributed by atoms with E-state index in [1.54, 1.807) is 0 Å². The molecule has 114 valence electrons. The second kappa shape index (κ2) is 14.1. The van der Waals surface area contributed by atoms with Gasteiger partial charge in [-0.05, 0) is 25.7 Å². The smallest absolute Gasteiger partial charge is 0.303 e. The first-order valence-corrected chi connectivity index (χ1v) is 7.55. The first-order chi connectivity index (χ1) is 9.66. The molecule has 0 heterocycles. The van der Waals surface area contributed by atoms with E-state index in [-0.39, 0.29) is 12.5 Å². The van der Waals surface area contributed by atoms with E-state index in [2.05, 4.69) is 6.92 Å². The number of hydrogen-bond donors (Lipinski definition) is 2. The van der Waals surface area contributed by atoms with Gasteiger partial charge in [-0.15, -0.1) is 0 Å². The van der Waals surface area contributed by atoms with Crippen LogP contribution in [0, 0.1) is 0 Å². The highest BCUT2D eigenvalue weighted by Gasteiger charge is 1.96. The van der Waals surface area contributed by atoms with Crippen molar-refractivity contribution < 1.29 is 15.0 Å². The molecule has 0 aromatic rings. The van der Waals surface area contributed by atoms with Crippen LogP contribution in [-0.4, -0.2) is 22.3 Å². The maximum absolute atomic E-state index is 10.3. The zero-order valence-electron chi connectivity index (χ0n) is 12.5. The molecule has 0 aliphatic carbocycles. The average Bonchev–Trinajstić information content (AvgIpc) is 2.41. The number of carbonyl (C=O) groups is 1. The Labute approximate surface area is 122 Å². The van der Waals surface area contributed by atoms with Gasteiger partial charge in [-0.3, -0.25) is 4.79 Å². The third kappa shape index (κ3) is 14.7. The third-order valence-corrected chi connectivity index (χ3v) is 2.88. The first kappa shape index (κ1) is 18.7. The largest absolute Gasteiger partial charge is 0.481 e. The number of aliphatic hydroxyl groups excluding tert-OH is 1. The summed E-state index contributed by atoms with van der Waals surface area (Å²) in [6, 6.07) is 0. The standard InChI is InChI=1S/C17H28O3/c1-2-3-10-13-16(18)14-11-8-6-4-5-7-9-12-15-17(19)20/h5-8,11,14,16,18H,2-4,9-10,12-13,15H2,1H3,(H,19,20)/b7-5-,8-6-,14-11-. The normalized spacial score (nSPS) is 13.7. The van der Waals surface area contributed by atoms with Gasteiger partial charge in [0.25, 0.3) is 0 Å². The van der Waals surface area contributed by atoms with Crippen molar-refractivity contribution in [3.63, 3.8) is 0 Å². The van der Waals surface area contributed by atoms with E-state index >= 15 is 0 Å². The highest BCUT2D eigenvalue weighted by molar-refractivity contribution is 5.66. The predicted molar refractivity (Wildman–Crippen MR) is 83.7 cm³/mol. The molecule has 0 fully saturated rings. The number of allylic oxidation sites excluding steroid dienone is 5. The zero-order valence-corrected chi connectivity index (χ0v) is 12.5. The van der Waals surface area contributed by atoms with Crippen molar-refractivity contribution in [2.24, 2.45) is 0 Å². The van der Waals surface area contributed by atoms with E-state index in [1.165, 1.54) is 12.8 Å². The van der Waals surface area contributed by atoms with Crippen LogP contribution in [0.15, 0.2) is 36.5 Å². The van der Waals surface area contributed by atoms with Crippen molar-refractivity contribution in [1.82, 2.24) is 0 Å². The van der Waals surface area contributed by atoms with Gasteiger partial charge in [0.05, 0.1) is 6.10 Å². The number of unbranched alkanes of at least 4 members (excludes halogenated alkanes) is 3. The molecule has 0 aromatic carbocycles. The number of hydrogen-bond acceptors (Lipinski definition) is 2. The Balaban J connectivity index is 3.54. The molecule has 0 radical (unpaired) electrons. The molecule has 0 aliphatic heterocycles. The summed E-state index contributed by atoms with van der Waals surface area (Å²) in [6.45, 7) is 2.15. The summed E-state index contributed by atoms with van der Waals surface area (Å²) in [5.41, 5.74) is 0. The lowest BCUT2D eigenvalue weighted by Crippen LogP contribution is -2.00. The Morgan fingerprint density at radius 1 is 1.10 bits per heavy atom. The van der Waals surface area contributed by atoms with Crippen molar-refractivity contribution in [3.8, 4) is 0 Å². The Hall–Kier alpha value is -1.35. The molecule has 1 unspecified atom stereocenters. The first-order valence-electron chi connectivity index (χ1n) is 7.55. The summed E-state index contributed by atoms with van der Waals surface area (Å²) in [5, 5.41) is 18.1. The number of rotatable bonds is 12. The SMILES string of the molecule is CCCCCC(O)/C=C\C=C/C/C=C\CCCC(=O)O. The number of aliphatic carboxylic acids is 1. The zero-order chi connectivity index (χ0) is 15.1. The molecule has 2 N–H and O–H groups in total. The Morgan fingerprint density at radius 2 is 1.90 bits per heavy atom. The van der Waals surface area contributed by atoms with Crippen molar-refractivity contribution in [2.75, 3.05) is 0 Å². The van der Waals surface area contributed by atoms with Crippen LogP contribution < -0.4 is 0 Å². The molecule has 0 rings (SSSR count). The van der Waals surface area contributed by atoms with Gasteiger partial charge in [0.15, 0.2) is 0 Å². The molecule has 20 heavy (non-hydrogen) atoms. The van der Waals surface area contributed by atoms with E-state index in [0.29, 0.717) is 6.42 Å². The summed E-state index contributed by atoms with van der Waals surface area (Å²) in [6.07, 6.45) is 18.2. The number of aliphatic hydroxyl groups is 1. The summed E-state index contributed by atoms with van der Waals surface area (Å²) in [5.74, 6) is -0.735. The van der Waals surface area contributed by atoms with Crippen LogP contribution in [0.5, 0.6) is 0 Å². The van der Waals surface area contributed by atoms with Crippen LogP contribution in [-0.2, 0) is 4.79 Å². The van der Waals surface area contributed by atoms with Crippen molar-refractivity contribution in [3.05, 3.63) is 36.5 Å². The molecule has 0 aliphatic rings. The summed E-state index contributed by atoms with van der Waals surface area (Å²) < 4.78 is 0. The van der Waals surface area contributed by atoms with Gasteiger partial charge >= 0.3 is 5.97 Å². The van der Waals surface area contributed by atoms with Crippen LogP contribution in [0.2, 0.25) is 0 Å². The topological polar surface area (TPSA) is 57.5 Å². The minimum absolute atomic E-state index is 0.235. The third-order valence-electron chi connectivity index (χ3n) is 2.88. The Bertz CT molecular complexity index is 316. The van der Waals surface area contributed by atoms with Gasteiger partial charge in [-0.25, -0.2) is 0 Å². The molecule has 1 atom stereocenters. The van der Waals surface area contributed by atoms with Gasteiger partial charge in [-0.2, -0.15) is 0 Å². The quantitative estimate of drug-likeness (QED) is 0.319. The maximum Gasteiger partial charge on any atom is 0.303 e. The van der Waals surface area contributed by atoms with Crippen LogP contribution in [0.4, 0.5) is 0 Å². The van der Waals surface area contributed by atoms with Gasteiger partial charge < -0.3 is 10.2 Å². The molecular formula is C17H28O3. The molecule has 0 aromatic heterocycles. The van der Waals surface area contributed by atoms with E-state index in [4.69, 9.17) is 5.11 Å². The van der Waals surface area contributed by atoms with Crippen LogP contribution in [0.25, 0.3) is 0 Å². The average molecular weight is 280 g/mol. The van der Waals surface area contributed by atoms with E-state index in [0.717, 1.165) is 25.7 Å². The molecule has 0 amide bonds. The van der Waals surface area contributed by atoms with Crippen LogP contribution >= 0.6 is 0 Å². The molecular weight excluding hydrogens is 252 g/mol. The lowest BCUT2D eigenvalue weighted by atomic mass is 10.1. The molecule has 3 nitrogen and oxygen atoms in total. The van der Waals surface area contributed by atoms with E-state index in [9.17, 15) is 9.90 Å². The number of carboxylic acids is 1. The van der Waals surface area contributed by atoms with Crippen LogP contribution in [0.1, 0.15) is 58.3 Å². The molecule has 0 spiro atoms. The van der Waals surface area contributed by atoms with E-state index < -0.39 is 5.97 Å². The minimum atomic E-state index is -0.735. The van der Waals surface area contributed by atoms with Crippen molar-refractivity contribution in [2.45, 2.75) is 64.4 Å². The fourth-order valence-electron chi connectivity index (χ4n) is 1.71. The molecule has 0 saturated heterocycles. The summed E-state index contributed by atoms with van der Waals surface area (Å²) >= 11 is 0. The fraction of sp³-hybridized carbons (Fsp3) is 0.588. The fourth-order valence-corrected chi connectivity index (χ4v) is 1.71. The van der Waals surface area contributed by atoms with E-state index in [1.807, 2.05) is 36.5 Å². The van der Waals surface area contributed by atoms with Gasteiger partial charge in [0, 0.05) is 6.42 Å². The predicted octanol–water partition coefficient (Wildman–Crippen LogP) is 4.24. The second-order valence-corrected chi connectivity index (χ2v) is 4.87. The lowest BCUT2D eigenvalue weighted by Gasteiger charge is -2.02. The highest BCUT2D eigenvalue weighted by Crippen LogP contribution is 2.04. The van der Waals surface area contributed by atoms with Crippen LogP contribution in [0.3, 0.4) is 0 Å². The van der Waals surface area contributed by atoms with Gasteiger partial charge in [-0.1, -0.05) is 62.6 Å². The molecule has 0 bridgehead atoms. The monoisotopic (exact) mass is 280 g/mol. The Kier molecular flexibility index (Phi) is 13.1. The highest BCUT2D eigenvalue weighted by atomic mass is 16.4. The summed E-state index contributed by atoms with van der Waals surface area (Å²) in [4.78, 5) is 10.3. The number of carboxylic acid groups (broad SMARTS) is 1. The Morgan fingerprint density at radius 3 is 2.60 bits per heavy atom. The van der Waals surface area contributed by atoms with Gasteiger partial charge in [0.1, 0.15) is 0 Å². The van der Waals surface area contributed by atoms with Crippen molar-refractivity contribution in [1.29, 1.82) is 0 Å². The lowest BCUT2D eigenvalue weighted by molar-refractivity contribution is -0.137. The van der Waals surface area contributed by atoms with Gasteiger partial charge in [0.2, 0.25) is 0 Å². The second-order valence-electron chi connectivity index (χ2n) is 4.87. The summed E-state index contributed by atoms with van der Waals surface area (Å²) in [7, 11) is 0. The maximum atomic E-state index is 10.3. The molecule has 3 heteroatoms. The molecule has 0 saturated carbocycles.